The second-order valence-electron chi connectivity index (χ2n) is 4.21. The van der Waals surface area contributed by atoms with Gasteiger partial charge < -0.3 is 34.1 Å². The van der Waals surface area contributed by atoms with E-state index in [-0.39, 0.29) is 19.5 Å². The van der Waals surface area contributed by atoms with Gasteiger partial charge in [0.2, 0.25) is 0 Å². The predicted octanol–water partition coefficient (Wildman–Crippen LogP) is 4.47. The van der Waals surface area contributed by atoms with Crippen molar-refractivity contribution in [2.75, 3.05) is 6.61 Å². The Hall–Kier alpha value is -0.717. The predicted molar refractivity (Wildman–Crippen MR) is 78.2 cm³/mol. The summed E-state index contributed by atoms with van der Waals surface area (Å²) in [6.45, 7) is 7.96. The van der Waals surface area contributed by atoms with Crippen molar-refractivity contribution >= 4 is 0 Å². The Balaban J connectivity index is 0.000000324. The Morgan fingerprint density at radius 2 is 1.47 bits per heavy atom. The fourth-order valence-electron chi connectivity index (χ4n) is 1.91. The first-order valence-corrected chi connectivity index (χ1v) is 6.83. The van der Waals surface area contributed by atoms with Crippen LogP contribution in [-0.4, -0.2) is 6.61 Å². The molecule has 0 saturated heterocycles. The summed E-state index contributed by atoms with van der Waals surface area (Å²) in [7, 11) is 0. The first-order chi connectivity index (χ1) is 8.81. The molecule has 0 fully saturated rings. The van der Waals surface area contributed by atoms with E-state index in [1.807, 2.05) is 19.1 Å². The summed E-state index contributed by atoms with van der Waals surface area (Å²) >= 11 is 0. The molecule has 2 heteroatoms. The Morgan fingerprint density at radius 3 is 1.89 bits per heavy atom. The van der Waals surface area contributed by atoms with Gasteiger partial charge in [-0.25, -0.2) is 25.0 Å². The van der Waals surface area contributed by atoms with Crippen LogP contribution in [0.2, 0.25) is 0 Å². The van der Waals surface area contributed by atoms with Crippen molar-refractivity contribution < 1.29 is 24.2 Å². The van der Waals surface area contributed by atoms with Gasteiger partial charge in [-0.3, -0.25) is 0 Å². The molecule has 19 heavy (non-hydrogen) atoms. The van der Waals surface area contributed by atoms with Gasteiger partial charge in [0.25, 0.3) is 0 Å². The molecule has 0 radical (unpaired) electrons. The van der Waals surface area contributed by atoms with Gasteiger partial charge >= 0.3 is 0 Å². The number of hydrogen-bond donors (Lipinski definition) is 0. The second kappa shape index (κ2) is 11.1. The Bertz CT molecular complexity index is 382. The fourth-order valence-corrected chi connectivity index (χ4v) is 1.91. The summed E-state index contributed by atoms with van der Waals surface area (Å²) in [6, 6.07) is 14.7. The van der Waals surface area contributed by atoms with E-state index in [0.29, 0.717) is 0 Å². The summed E-state index contributed by atoms with van der Waals surface area (Å²) in [5, 5.41) is 0. The van der Waals surface area contributed by atoms with E-state index in [1.54, 1.807) is 0 Å². The van der Waals surface area contributed by atoms with E-state index in [1.165, 1.54) is 29.5 Å². The minimum Gasteiger partial charge on any atom is -0.747 e. The summed E-state index contributed by atoms with van der Waals surface area (Å²) in [5.74, 6) is 0. The van der Waals surface area contributed by atoms with Crippen molar-refractivity contribution in [1.82, 2.24) is 0 Å². The van der Waals surface area contributed by atoms with Crippen LogP contribution < -0.4 is 0 Å². The maximum atomic E-state index is 5.18. The van der Waals surface area contributed by atoms with E-state index in [4.69, 9.17) is 4.74 Å². The van der Waals surface area contributed by atoms with Crippen LogP contribution in [0.1, 0.15) is 37.5 Å². The van der Waals surface area contributed by atoms with Gasteiger partial charge in [0.1, 0.15) is 0 Å². The summed E-state index contributed by atoms with van der Waals surface area (Å²) in [5.41, 5.74) is 4.28. The molecule has 0 heterocycles. The molecule has 2 rings (SSSR count). The van der Waals surface area contributed by atoms with Crippen LogP contribution >= 0.6 is 0 Å². The van der Waals surface area contributed by atoms with Gasteiger partial charge in [-0.2, -0.15) is 12.1 Å². The molecule has 0 saturated carbocycles. The van der Waals surface area contributed by atoms with Crippen molar-refractivity contribution in [3.63, 3.8) is 0 Å². The molecule has 0 amide bonds. The quantitative estimate of drug-likeness (QED) is 0.574. The van der Waals surface area contributed by atoms with Gasteiger partial charge in [-0.15, -0.1) is 5.56 Å². The third kappa shape index (κ3) is 6.85. The largest absolute Gasteiger partial charge is 0.747 e. The van der Waals surface area contributed by atoms with Crippen LogP contribution in [0, 0.1) is 0 Å². The SMILES string of the molecule is CCOC[c-]1cccc1.CC[c-]1[cH-][cH-][cH-][c-]1CC.[Ru]. The molecule has 0 aliphatic heterocycles. The van der Waals surface area contributed by atoms with Gasteiger partial charge in [0.05, 0.1) is 0 Å². The molecule has 0 aromatic heterocycles. The molecule has 0 bridgehead atoms. The van der Waals surface area contributed by atoms with Crippen LogP contribution in [-0.2, 0) is 43.7 Å². The monoisotopic (exact) mass is 346 g/mol. The average molecular weight is 345 g/mol. The van der Waals surface area contributed by atoms with Crippen LogP contribution in [0.4, 0.5) is 0 Å². The molecule has 1 nitrogen and oxygen atoms in total. The molecule has 0 spiro atoms. The summed E-state index contributed by atoms with van der Waals surface area (Å²) in [4.78, 5) is 0. The first-order valence-electron chi connectivity index (χ1n) is 6.83. The minimum absolute atomic E-state index is 0. The van der Waals surface area contributed by atoms with Crippen molar-refractivity contribution in [3.8, 4) is 0 Å². The van der Waals surface area contributed by atoms with Gasteiger partial charge in [-0.1, -0.05) is 13.8 Å². The zero-order valence-corrected chi connectivity index (χ0v) is 13.9. The van der Waals surface area contributed by atoms with E-state index in [0.717, 1.165) is 13.2 Å². The van der Waals surface area contributed by atoms with Crippen molar-refractivity contribution in [2.45, 2.75) is 40.2 Å². The van der Waals surface area contributed by atoms with Crippen molar-refractivity contribution in [3.05, 3.63) is 59.2 Å². The fraction of sp³-hybridized carbons (Fsp3) is 0.412. The first kappa shape index (κ1) is 18.3. The molecule has 112 valence electrons. The maximum absolute atomic E-state index is 5.18. The average Bonchev–Trinajstić information content (AvgIpc) is 3.07. The van der Waals surface area contributed by atoms with E-state index in [9.17, 15) is 0 Å². The smallest absolute Gasteiger partial charge is 0.0428 e. The molecule has 0 N–H and O–H groups in total. The Morgan fingerprint density at radius 1 is 0.947 bits per heavy atom. The number of hydrogen-bond acceptors (Lipinski definition) is 1. The Kier molecular flexibility index (Phi) is 10.7. The zero-order chi connectivity index (χ0) is 13.2. The summed E-state index contributed by atoms with van der Waals surface area (Å²) in [6.07, 6.45) is 2.35. The molecule has 0 aliphatic carbocycles. The molecule has 0 aliphatic rings. The van der Waals surface area contributed by atoms with E-state index in [2.05, 4.69) is 44.2 Å². The third-order valence-corrected chi connectivity index (χ3v) is 2.97. The number of aryl methyl sites for hydroxylation is 2. The third-order valence-electron chi connectivity index (χ3n) is 2.97. The molecular weight excluding hydrogens is 321 g/mol. The topological polar surface area (TPSA) is 9.23 Å². The van der Waals surface area contributed by atoms with Crippen LogP contribution in [0.15, 0.2) is 42.5 Å². The minimum atomic E-state index is 0. The number of ether oxygens (including phenoxy) is 1. The zero-order valence-electron chi connectivity index (χ0n) is 12.1. The van der Waals surface area contributed by atoms with E-state index >= 15 is 0 Å². The standard InChI is InChI=1S/C9H13.C8H11O.Ru/c1-3-8-6-5-7-9(8)4-2;1-2-9-7-8-5-3-4-6-8;/h5-7H,3-4H2,1-2H3;3-6H,2,7H2,1H3;/q-5;-1;. The van der Waals surface area contributed by atoms with E-state index < -0.39 is 0 Å². The molecule has 0 unspecified atom stereocenters. The molecule has 0 atom stereocenters. The molecule has 2 aromatic rings. The van der Waals surface area contributed by atoms with Crippen LogP contribution in [0.25, 0.3) is 0 Å². The number of rotatable bonds is 5. The Labute approximate surface area is 130 Å². The van der Waals surface area contributed by atoms with Crippen molar-refractivity contribution in [1.29, 1.82) is 0 Å². The van der Waals surface area contributed by atoms with Crippen LogP contribution in [0.5, 0.6) is 0 Å². The van der Waals surface area contributed by atoms with Gasteiger partial charge in [0, 0.05) is 32.7 Å². The maximum Gasteiger partial charge on any atom is 0.0428 e. The normalized spacial score (nSPS) is 9.42. The molecular formula is C17H24ORu-6. The summed E-state index contributed by atoms with van der Waals surface area (Å²) < 4.78 is 5.18. The van der Waals surface area contributed by atoms with Gasteiger partial charge in [0.15, 0.2) is 0 Å². The molecule has 2 aromatic carbocycles. The van der Waals surface area contributed by atoms with Crippen molar-refractivity contribution in [2.24, 2.45) is 0 Å². The van der Waals surface area contributed by atoms with Gasteiger partial charge in [-0.05, 0) is 6.92 Å². The second-order valence-corrected chi connectivity index (χ2v) is 4.21. The van der Waals surface area contributed by atoms with Crippen LogP contribution in [0.3, 0.4) is 0 Å².